The molecule has 0 aromatic heterocycles. The molecular weight excluding hydrogens is 552 g/mol. The largest absolute Gasteiger partial charge is 0.465 e. The van der Waals surface area contributed by atoms with Gasteiger partial charge in [-0.1, -0.05) is 30.3 Å². The molecule has 1 N–H and O–H groups in total. The summed E-state index contributed by atoms with van der Waals surface area (Å²) in [5, 5.41) is 3.46. The van der Waals surface area contributed by atoms with Gasteiger partial charge in [-0.25, -0.2) is 9.59 Å². The molecule has 1 fully saturated rings. The molecule has 1 aliphatic rings. The Balaban J connectivity index is 1.87. The molecule has 2 aromatic rings. The van der Waals surface area contributed by atoms with Crippen molar-refractivity contribution in [3.05, 3.63) is 64.7 Å². The van der Waals surface area contributed by atoms with Crippen LogP contribution >= 0.6 is 0 Å². The molecule has 0 spiro atoms. The average Bonchev–Trinajstić information content (AvgIpc) is 2.91. The predicted octanol–water partition coefficient (Wildman–Crippen LogP) is 5.76. The Kier molecular flexibility index (Phi) is 10.8. The summed E-state index contributed by atoms with van der Waals surface area (Å²) in [7, 11) is 1.27. The molecule has 43 heavy (non-hydrogen) atoms. The summed E-state index contributed by atoms with van der Waals surface area (Å²) >= 11 is 0. The van der Waals surface area contributed by atoms with E-state index in [2.05, 4.69) is 5.32 Å². The highest BCUT2D eigenvalue weighted by Gasteiger charge is 2.39. The molecule has 0 bridgehead atoms. The third-order valence-electron chi connectivity index (χ3n) is 6.72. The number of aryl methyl sites for hydroxylation is 1. The molecule has 2 aromatic carbocycles. The first-order valence-electron chi connectivity index (χ1n) is 14.5. The van der Waals surface area contributed by atoms with Crippen molar-refractivity contribution in [3.63, 3.8) is 0 Å². The zero-order valence-electron chi connectivity index (χ0n) is 26.4. The number of nitrogens with one attached hydrogen (secondary N) is 1. The Morgan fingerprint density at radius 2 is 1.47 bits per heavy atom. The molecule has 0 atom stereocenters. The van der Waals surface area contributed by atoms with Crippen molar-refractivity contribution in [2.75, 3.05) is 25.5 Å². The number of amides is 1. The van der Waals surface area contributed by atoms with E-state index in [0.717, 1.165) is 5.56 Å². The number of hydrogen-bond acceptors (Lipinski definition) is 9. The highest BCUT2D eigenvalue weighted by Crippen LogP contribution is 2.34. The lowest BCUT2D eigenvalue weighted by Gasteiger charge is -2.33. The molecule has 0 aliphatic carbocycles. The van der Waals surface area contributed by atoms with Gasteiger partial charge in [-0.05, 0) is 84.6 Å². The van der Waals surface area contributed by atoms with E-state index in [1.807, 2.05) is 30.3 Å². The maximum atomic E-state index is 13.5. The van der Waals surface area contributed by atoms with Crippen molar-refractivity contribution in [2.24, 2.45) is 0 Å². The Labute approximate surface area is 254 Å². The van der Waals surface area contributed by atoms with Gasteiger partial charge >= 0.3 is 24.0 Å². The number of methoxy groups -OCH3 is 1. The van der Waals surface area contributed by atoms with E-state index in [1.54, 1.807) is 59.4 Å². The zero-order chi connectivity index (χ0) is 31.9. The molecule has 3 rings (SSSR count). The fourth-order valence-corrected chi connectivity index (χ4v) is 4.73. The van der Waals surface area contributed by atoms with Crippen molar-refractivity contribution in [2.45, 2.75) is 91.1 Å². The minimum Gasteiger partial charge on any atom is -0.465 e. The smallest absolute Gasteiger partial charge is 0.410 e. The number of benzene rings is 2. The standard InChI is InChI=1S/C33H44N2O8/c1-21-18-26(34-23-14-16-35(17-15-23)31(39)41-20-22-12-10-9-11-13-22)25(19-24(21)28(36)40-8)27(29(37)42-32(2,3)4)30(38)43-33(5,6)7/h9-13,18-19,23,27,34H,14-17,20H2,1-8H3. The summed E-state index contributed by atoms with van der Waals surface area (Å²) in [4.78, 5) is 54.0. The van der Waals surface area contributed by atoms with Gasteiger partial charge in [0, 0.05) is 30.4 Å². The Bertz CT molecular complexity index is 1270. The molecule has 1 amide bonds. The lowest BCUT2D eigenvalue weighted by molar-refractivity contribution is -0.169. The molecule has 0 unspecified atom stereocenters. The summed E-state index contributed by atoms with van der Waals surface area (Å²) < 4.78 is 21.7. The molecule has 0 saturated carbocycles. The van der Waals surface area contributed by atoms with E-state index in [1.165, 1.54) is 13.2 Å². The molecule has 1 aliphatic heterocycles. The van der Waals surface area contributed by atoms with E-state index in [-0.39, 0.29) is 29.9 Å². The summed E-state index contributed by atoms with van der Waals surface area (Å²) in [6, 6.07) is 12.6. The fraction of sp³-hybridized carbons (Fsp3) is 0.515. The topological polar surface area (TPSA) is 120 Å². The number of piperidine rings is 1. The van der Waals surface area contributed by atoms with Crippen LogP contribution in [-0.2, 0) is 35.1 Å². The third kappa shape index (κ3) is 9.73. The Morgan fingerprint density at radius 1 is 0.907 bits per heavy atom. The lowest BCUT2D eigenvalue weighted by Crippen LogP contribution is -2.43. The van der Waals surface area contributed by atoms with Crippen molar-refractivity contribution in [1.29, 1.82) is 0 Å². The number of nitrogens with zero attached hydrogens (tertiary/aromatic N) is 1. The monoisotopic (exact) mass is 596 g/mol. The molecule has 10 nitrogen and oxygen atoms in total. The average molecular weight is 597 g/mol. The number of likely N-dealkylation sites (tertiary alicyclic amines) is 1. The Morgan fingerprint density at radius 3 is 1.98 bits per heavy atom. The minimum atomic E-state index is -1.46. The van der Waals surface area contributed by atoms with Gasteiger partial charge in [0.1, 0.15) is 17.8 Å². The van der Waals surface area contributed by atoms with Crippen molar-refractivity contribution in [1.82, 2.24) is 4.90 Å². The summed E-state index contributed by atoms with van der Waals surface area (Å²) in [5.74, 6) is -3.64. The van der Waals surface area contributed by atoms with Crippen molar-refractivity contribution in [3.8, 4) is 0 Å². The molecule has 1 saturated heterocycles. The van der Waals surface area contributed by atoms with Crippen LogP contribution in [0.1, 0.15) is 87.4 Å². The van der Waals surface area contributed by atoms with Gasteiger partial charge in [-0.2, -0.15) is 0 Å². The SMILES string of the molecule is COC(=O)c1cc(C(C(=O)OC(C)(C)C)C(=O)OC(C)(C)C)c(NC2CCN(C(=O)OCc3ccccc3)CC2)cc1C. The van der Waals surface area contributed by atoms with Crippen LogP contribution in [0, 0.1) is 6.92 Å². The van der Waals surface area contributed by atoms with Gasteiger partial charge < -0.3 is 29.2 Å². The summed E-state index contributed by atoms with van der Waals surface area (Å²) in [6.07, 6.45) is 0.818. The number of carbonyl (C=O) groups is 4. The molecular formula is C33H44N2O8. The van der Waals surface area contributed by atoms with E-state index in [4.69, 9.17) is 18.9 Å². The summed E-state index contributed by atoms with van der Waals surface area (Å²) in [5.41, 5.74) is 0.737. The summed E-state index contributed by atoms with van der Waals surface area (Å²) in [6.45, 7) is 13.1. The number of anilines is 1. The highest BCUT2D eigenvalue weighted by molar-refractivity contribution is 6.03. The van der Waals surface area contributed by atoms with Crippen LogP contribution < -0.4 is 5.32 Å². The molecule has 234 valence electrons. The van der Waals surface area contributed by atoms with Crippen LogP contribution in [0.5, 0.6) is 0 Å². The second-order valence-corrected chi connectivity index (χ2v) is 12.7. The van der Waals surface area contributed by atoms with E-state index in [0.29, 0.717) is 37.2 Å². The highest BCUT2D eigenvalue weighted by atomic mass is 16.6. The van der Waals surface area contributed by atoms with Crippen LogP contribution in [0.4, 0.5) is 10.5 Å². The van der Waals surface area contributed by atoms with Crippen LogP contribution in [0.25, 0.3) is 0 Å². The van der Waals surface area contributed by atoms with E-state index < -0.39 is 35.0 Å². The van der Waals surface area contributed by atoms with E-state index >= 15 is 0 Å². The second kappa shape index (κ2) is 13.9. The van der Waals surface area contributed by atoms with Crippen LogP contribution in [0.2, 0.25) is 0 Å². The number of carbonyl (C=O) groups excluding carboxylic acids is 4. The first-order valence-corrected chi connectivity index (χ1v) is 14.5. The van der Waals surface area contributed by atoms with Gasteiger partial charge in [-0.3, -0.25) is 9.59 Å². The van der Waals surface area contributed by atoms with Gasteiger partial charge in [0.15, 0.2) is 5.92 Å². The van der Waals surface area contributed by atoms with Crippen LogP contribution in [0.3, 0.4) is 0 Å². The minimum absolute atomic E-state index is 0.0850. The fourth-order valence-electron chi connectivity index (χ4n) is 4.73. The number of hydrogen-bond donors (Lipinski definition) is 1. The van der Waals surface area contributed by atoms with Gasteiger partial charge in [0.25, 0.3) is 0 Å². The van der Waals surface area contributed by atoms with Gasteiger partial charge in [-0.15, -0.1) is 0 Å². The van der Waals surface area contributed by atoms with Crippen molar-refractivity contribution >= 4 is 29.7 Å². The number of ether oxygens (including phenoxy) is 4. The van der Waals surface area contributed by atoms with Crippen LogP contribution in [0.15, 0.2) is 42.5 Å². The van der Waals surface area contributed by atoms with E-state index in [9.17, 15) is 19.2 Å². The maximum absolute atomic E-state index is 13.5. The number of esters is 3. The maximum Gasteiger partial charge on any atom is 0.410 e. The number of rotatable bonds is 8. The van der Waals surface area contributed by atoms with Crippen molar-refractivity contribution < 1.29 is 38.1 Å². The third-order valence-corrected chi connectivity index (χ3v) is 6.72. The second-order valence-electron chi connectivity index (χ2n) is 12.7. The first kappa shape index (κ1) is 33.4. The van der Waals surface area contributed by atoms with Crippen LogP contribution in [-0.4, -0.2) is 66.3 Å². The first-order chi connectivity index (χ1) is 20.1. The lowest BCUT2D eigenvalue weighted by atomic mass is 9.91. The molecule has 10 heteroatoms. The normalized spacial score (nSPS) is 14.2. The van der Waals surface area contributed by atoms with Gasteiger partial charge in [0.2, 0.25) is 0 Å². The zero-order valence-corrected chi connectivity index (χ0v) is 26.4. The predicted molar refractivity (Wildman–Crippen MR) is 162 cm³/mol. The molecule has 1 heterocycles. The Hall–Kier alpha value is -4.08. The quantitative estimate of drug-likeness (QED) is 0.230. The molecule has 0 radical (unpaired) electrons. The van der Waals surface area contributed by atoms with Gasteiger partial charge in [0.05, 0.1) is 12.7 Å².